The summed E-state index contributed by atoms with van der Waals surface area (Å²) in [6.45, 7) is 11.6. The number of amides is 2. The van der Waals surface area contributed by atoms with E-state index in [2.05, 4.69) is 19.3 Å². The molecule has 6 heterocycles. The number of ether oxygens (including phenoxy) is 4. The third-order valence-electron chi connectivity index (χ3n) is 12.7. The summed E-state index contributed by atoms with van der Waals surface area (Å²) in [5, 5.41) is 12.1. The summed E-state index contributed by atoms with van der Waals surface area (Å²) in [7, 11) is 0. The Morgan fingerprint density at radius 3 is 1.36 bits per heavy atom. The van der Waals surface area contributed by atoms with Crippen molar-refractivity contribution in [1.29, 1.82) is 0 Å². The van der Waals surface area contributed by atoms with Crippen molar-refractivity contribution >= 4 is 55.7 Å². The van der Waals surface area contributed by atoms with Crippen molar-refractivity contribution in [3.63, 3.8) is 0 Å². The molecule has 18 heteroatoms. The maximum Gasteiger partial charge on any atom is 0.248 e. The predicted molar refractivity (Wildman–Crippen MR) is 283 cm³/mol. The number of aromatic nitrogens is 10. The molecule has 2 amide bonds. The topological polar surface area (TPSA) is 220 Å². The smallest absolute Gasteiger partial charge is 0.248 e. The summed E-state index contributed by atoms with van der Waals surface area (Å²) in [4.78, 5) is 45.8. The number of hydrogen-bond acceptors (Lipinski definition) is 12. The van der Waals surface area contributed by atoms with Gasteiger partial charge in [0.05, 0.1) is 48.8 Å². The zero-order valence-corrected chi connectivity index (χ0v) is 41.7. The molecule has 4 aromatic carbocycles. The zero-order chi connectivity index (χ0) is 51.3. The van der Waals surface area contributed by atoms with Crippen LogP contribution in [0.5, 0.6) is 11.5 Å². The van der Waals surface area contributed by atoms with Crippen LogP contribution in [0.3, 0.4) is 0 Å². The Labute approximate surface area is 426 Å². The van der Waals surface area contributed by atoms with Crippen LogP contribution in [-0.2, 0) is 48.9 Å². The van der Waals surface area contributed by atoms with E-state index in [1.807, 2.05) is 122 Å². The van der Waals surface area contributed by atoms with Crippen LogP contribution < -0.4 is 20.9 Å². The van der Waals surface area contributed by atoms with Crippen molar-refractivity contribution in [2.24, 2.45) is 11.5 Å². The highest BCUT2D eigenvalue weighted by molar-refractivity contribution is 6.13. The average Bonchev–Trinajstić information content (AvgIpc) is 4.17. The van der Waals surface area contributed by atoms with Gasteiger partial charge in [0.15, 0.2) is 11.6 Å². The van der Waals surface area contributed by atoms with Crippen LogP contribution in [0.4, 0.5) is 0 Å². The van der Waals surface area contributed by atoms with Crippen molar-refractivity contribution in [2.45, 2.75) is 67.1 Å². The van der Waals surface area contributed by atoms with Gasteiger partial charge in [-0.1, -0.05) is 72.8 Å². The van der Waals surface area contributed by atoms with Gasteiger partial charge in [0.2, 0.25) is 11.8 Å². The summed E-state index contributed by atoms with van der Waals surface area (Å²) in [5.41, 5.74) is 20.4. The van der Waals surface area contributed by atoms with Crippen molar-refractivity contribution < 1.29 is 28.5 Å². The minimum atomic E-state index is -0.601. The lowest BCUT2D eigenvalue weighted by Gasteiger charge is -2.13. The van der Waals surface area contributed by atoms with E-state index in [0.717, 1.165) is 33.9 Å². The van der Waals surface area contributed by atoms with Crippen molar-refractivity contribution in [3.05, 3.63) is 155 Å². The first-order valence-corrected chi connectivity index (χ1v) is 24.6. The predicted octanol–water partition coefficient (Wildman–Crippen LogP) is 8.51. The quantitative estimate of drug-likeness (QED) is 0.0482. The molecule has 0 aliphatic carbocycles. The molecule has 0 aliphatic rings. The van der Waals surface area contributed by atoms with E-state index in [4.69, 9.17) is 50.4 Å². The summed E-state index contributed by atoms with van der Waals surface area (Å²) in [6.07, 6.45) is 7.63. The molecule has 0 unspecified atom stereocenters. The van der Waals surface area contributed by atoms with Gasteiger partial charge in [-0.3, -0.25) is 19.0 Å². The number of carbonyl (C=O) groups is 2. The molecule has 4 N–H and O–H groups in total. The molecule has 0 bridgehead atoms. The second-order valence-corrected chi connectivity index (χ2v) is 17.8. The van der Waals surface area contributed by atoms with Gasteiger partial charge >= 0.3 is 0 Å². The van der Waals surface area contributed by atoms with Crippen LogP contribution in [0, 0.1) is 13.8 Å². The third-order valence-corrected chi connectivity index (χ3v) is 12.7. The van der Waals surface area contributed by atoms with Gasteiger partial charge in [-0.05, 0) is 75.2 Å². The van der Waals surface area contributed by atoms with Crippen LogP contribution in [-0.4, -0.2) is 86.9 Å². The molecule has 0 saturated heterocycles. The lowest BCUT2D eigenvalue weighted by molar-refractivity contribution is 0.0891. The second kappa shape index (κ2) is 21.5. The van der Waals surface area contributed by atoms with Gasteiger partial charge in [-0.25, -0.2) is 19.9 Å². The Hall–Kier alpha value is -8.74. The van der Waals surface area contributed by atoms with Gasteiger partial charge in [-0.2, -0.15) is 10.2 Å². The first kappa shape index (κ1) is 48.9. The minimum absolute atomic E-state index is 0.199. The van der Waals surface area contributed by atoms with Crippen molar-refractivity contribution in [2.75, 3.05) is 26.4 Å². The highest BCUT2D eigenvalue weighted by Crippen LogP contribution is 2.38. The molecular weight excluding hydrogens is 937 g/mol. The summed E-state index contributed by atoms with van der Waals surface area (Å²) in [6, 6.07) is 30.6. The number of primary amides is 2. The number of aryl methyl sites for hydroxylation is 4. The number of carbonyl (C=O) groups excluding carboxylic acids is 2. The molecule has 18 nitrogen and oxygen atoms in total. The average molecular weight is 993 g/mol. The van der Waals surface area contributed by atoms with Crippen LogP contribution in [0.25, 0.3) is 66.9 Å². The molecule has 376 valence electrons. The molecule has 0 aliphatic heterocycles. The van der Waals surface area contributed by atoms with Crippen molar-refractivity contribution in [3.8, 4) is 34.5 Å². The van der Waals surface area contributed by atoms with E-state index in [0.29, 0.717) is 120 Å². The lowest BCUT2D eigenvalue weighted by Crippen LogP contribution is -2.13. The summed E-state index contributed by atoms with van der Waals surface area (Å²) in [5.74, 6) is 0.666. The maximum atomic E-state index is 12.9. The van der Waals surface area contributed by atoms with Crippen LogP contribution in [0.2, 0.25) is 0 Å². The zero-order valence-electron chi connectivity index (χ0n) is 41.7. The lowest BCUT2D eigenvalue weighted by atomic mass is 10.1. The number of nitrogens with two attached hydrogens (primary N) is 2. The standard InChI is InChI=1S/C56H56N12O6/c1-5-67-45(25-35(3)63-67)53-59-31-43-41-27-39(51(57)69)29-47(73-23-21-71-33-37-15-9-7-10-16-37)49(41)65(55(43)61-53)19-13-14-20-66-50-42(44-32-60-54(62-56(44)66)46-26-36(4)64-68(46)6-2)28-40(52(58)70)30-48(50)74-24-22-72-34-38-17-11-8-12-18-38/h7-18,25-32H,5-6,19-24,33-34H2,1-4H3,(H2,57,69)(H2,58,70)/b14-13+. The van der Waals surface area contributed by atoms with Gasteiger partial charge in [0.1, 0.15) is 47.4 Å². The van der Waals surface area contributed by atoms with Crippen LogP contribution >= 0.6 is 0 Å². The molecule has 0 spiro atoms. The van der Waals surface area contributed by atoms with E-state index in [9.17, 15) is 9.59 Å². The molecule has 10 aromatic rings. The van der Waals surface area contributed by atoms with E-state index >= 15 is 0 Å². The Balaban J connectivity index is 1.05. The van der Waals surface area contributed by atoms with Crippen molar-refractivity contribution in [1.82, 2.24) is 48.6 Å². The Morgan fingerprint density at radius 2 is 0.973 bits per heavy atom. The fourth-order valence-corrected chi connectivity index (χ4v) is 9.28. The SMILES string of the molecule is CCn1nc(C)cc1-c1ncc2c3cc(C(N)=O)cc(OCCOCc4ccccc4)c3n(C/C=C/Cn3c4nc(-c5cc(C)nn5CC)ncc4c4cc(C(N)=O)cc(OCCOCc5ccccc5)c43)c2n1. The van der Waals surface area contributed by atoms with E-state index in [1.165, 1.54) is 0 Å². The molecule has 0 atom stereocenters. The number of fused-ring (bicyclic) bond motifs is 6. The van der Waals surface area contributed by atoms with Gasteiger partial charge in [0, 0.05) is 71.2 Å². The normalized spacial score (nSPS) is 11.8. The fourth-order valence-electron chi connectivity index (χ4n) is 9.28. The van der Waals surface area contributed by atoms with E-state index in [1.54, 1.807) is 36.7 Å². The van der Waals surface area contributed by atoms with Gasteiger partial charge < -0.3 is 39.5 Å². The summed E-state index contributed by atoms with van der Waals surface area (Å²) < 4.78 is 32.8. The molecule has 0 radical (unpaired) electrons. The first-order valence-electron chi connectivity index (χ1n) is 24.6. The summed E-state index contributed by atoms with van der Waals surface area (Å²) >= 11 is 0. The molecule has 0 fully saturated rings. The Bertz CT molecular complexity index is 3470. The van der Waals surface area contributed by atoms with Gasteiger partial charge in [0.25, 0.3) is 0 Å². The molecule has 0 saturated carbocycles. The number of allylic oxidation sites excluding steroid dienone is 2. The van der Waals surface area contributed by atoms with Crippen LogP contribution in [0.1, 0.15) is 57.1 Å². The number of nitrogens with zero attached hydrogens (tertiary/aromatic N) is 10. The second-order valence-electron chi connectivity index (χ2n) is 17.8. The largest absolute Gasteiger partial charge is 0.489 e. The van der Waals surface area contributed by atoms with Gasteiger partial charge in [-0.15, -0.1) is 0 Å². The minimum Gasteiger partial charge on any atom is -0.489 e. The Morgan fingerprint density at radius 1 is 0.554 bits per heavy atom. The van der Waals surface area contributed by atoms with E-state index < -0.39 is 11.8 Å². The fraction of sp³-hybridized carbons (Fsp3) is 0.250. The monoisotopic (exact) mass is 992 g/mol. The molecule has 10 rings (SSSR count). The maximum absolute atomic E-state index is 12.9. The highest BCUT2D eigenvalue weighted by atomic mass is 16.5. The molecule has 6 aromatic heterocycles. The Kier molecular flexibility index (Phi) is 14.2. The number of hydrogen-bond donors (Lipinski definition) is 2. The molecular formula is C56H56N12O6. The van der Waals surface area contributed by atoms with E-state index in [-0.39, 0.29) is 24.3 Å². The highest BCUT2D eigenvalue weighted by Gasteiger charge is 2.24. The van der Waals surface area contributed by atoms with Crippen LogP contribution in [0.15, 0.2) is 122 Å². The number of benzene rings is 4. The third kappa shape index (κ3) is 10.0. The molecule has 74 heavy (non-hydrogen) atoms. The number of rotatable bonds is 22. The first-order chi connectivity index (χ1) is 36.1.